The quantitative estimate of drug-likeness (QED) is 0.756. The molecule has 88 valence electrons. The van der Waals surface area contributed by atoms with Crippen molar-refractivity contribution in [3.63, 3.8) is 0 Å². The number of aromatic nitrogens is 2. The van der Waals surface area contributed by atoms with Gasteiger partial charge in [-0.1, -0.05) is 25.4 Å². The number of hydrogen-bond acceptors (Lipinski definition) is 2. The largest absolute Gasteiger partial charge is 0.298 e. The third-order valence-electron chi connectivity index (χ3n) is 3.27. The third-order valence-corrected chi connectivity index (χ3v) is 3.65. The van der Waals surface area contributed by atoms with Gasteiger partial charge >= 0.3 is 0 Å². The fourth-order valence-corrected chi connectivity index (χ4v) is 2.36. The molecule has 1 saturated carbocycles. The van der Waals surface area contributed by atoms with Crippen LogP contribution in [-0.4, -0.2) is 16.1 Å². The molecule has 3 nitrogen and oxygen atoms in total. The molecular formula is C12H17ClN2O. The Morgan fingerprint density at radius 2 is 2.06 bits per heavy atom. The van der Waals surface area contributed by atoms with Crippen LogP contribution in [0.1, 0.15) is 61.6 Å². The zero-order valence-corrected chi connectivity index (χ0v) is 10.7. The van der Waals surface area contributed by atoms with E-state index >= 15 is 0 Å². The van der Waals surface area contributed by atoms with Crippen molar-refractivity contribution < 1.29 is 4.79 Å². The van der Waals surface area contributed by atoms with Gasteiger partial charge in [0.15, 0.2) is 6.29 Å². The van der Waals surface area contributed by atoms with Crippen molar-refractivity contribution in [2.45, 2.75) is 45.6 Å². The Kier molecular flexibility index (Phi) is 3.06. The zero-order valence-electron chi connectivity index (χ0n) is 9.90. The summed E-state index contributed by atoms with van der Waals surface area (Å²) in [5.74, 6) is 0.905. The van der Waals surface area contributed by atoms with Gasteiger partial charge in [0.1, 0.15) is 5.15 Å². The van der Waals surface area contributed by atoms with Crippen LogP contribution >= 0.6 is 11.6 Å². The minimum Gasteiger partial charge on any atom is -0.298 e. The van der Waals surface area contributed by atoms with E-state index in [-0.39, 0.29) is 5.92 Å². The molecule has 1 aliphatic rings. The second kappa shape index (κ2) is 4.21. The minimum atomic E-state index is 0.227. The average molecular weight is 241 g/mol. The van der Waals surface area contributed by atoms with Crippen LogP contribution in [0, 0.1) is 5.92 Å². The molecule has 1 fully saturated rings. The van der Waals surface area contributed by atoms with E-state index in [1.165, 1.54) is 12.8 Å². The maximum absolute atomic E-state index is 11.0. The summed E-state index contributed by atoms with van der Waals surface area (Å²) in [4.78, 5) is 11.0. The van der Waals surface area contributed by atoms with E-state index in [1.807, 2.05) is 18.5 Å². The highest BCUT2D eigenvalue weighted by molar-refractivity contribution is 6.32. The molecule has 0 aliphatic heterocycles. The molecule has 1 aromatic heterocycles. The Hall–Kier alpha value is -0.830. The lowest BCUT2D eigenvalue weighted by Crippen LogP contribution is -2.09. The Morgan fingerprint density at radius 3 is 2.44 bits per heavy atom. The van der Waals surface area contributed by atoms with Crippen molar-refractivity contribution in [1.82, 2.24) is 9.78 Å². The molecule has 1 atom stereocenters. The molecular weight excluding hydrogens is 224 g/mol. The van der Waals surface area contributed by atoms with Gasteiger partial charge in [-0.3, -0.25) is 4.79 Å². The first-order valence-electron chi connectivity index (χ1n) is 5.79. The van der Waals surface area contributed by atoms with E-state index < -0.39 is 0 Å². The van der Waals surface area contributed by atoms with E-state index in [0.717, 1.165) is 12.0 Å². The van der Waals surface area contributed by atoms with Crippen LogP contribution in [0.15, 0.2) is 0 Å². The molecule has 1 aliphatic carbocycles. The molecule has 0 saturated heterocycles. The summed E-state index contributed by atoms with van der Waals surface area (Å²) in [5.41, 5.74) is 1.37. The van der Waals surface area contributed by atoms with Crippen LogP contribution < -0.4 is 0 Å². The molecule has 0 radical (unpaired) electrons. The van der Waals surface area contributed by atoms with Crippen LogP contribution in [0.3, 0.4) is 0 Å². The number of rotatable bonds is 4. The van der Waals surface area contributed by atoms with Gasteiger partial charge in [0, 0.05) is 0 Å². The van der Waals surface area contributed by atoms with Gasteiger partial charge in [0.2, 0.25) is 0 Å². The SMILES string of the molecule is CC(C)c1nn(C(C)C2CC2)c(Cl)c1C=O. The number of hydrogen-bond donors (Lipinski definition) is 0. The highest BCUT2D eigenvalue weighted by Crippen LogP contribution is 2.41. The highest BCUT2D eigenvalue weighted by Gasteiger charge is 2.32. The molecule has 1 unspecified atom stereocenters. The van der Waals surface area contributed by atoms with E-state index in [0.29, 0.717) is 22.7 Å². The molecule has 4 heteroatoms. The average Bonchev–Trinajstić information content (AvgIpc) is 3.01. The van der Waals surface area contributed by atoms with Crippen molar-refractivity contribution in [1.29, 1.82) is 0 Å². The van der Waals surface area contributed by atoms with E-state index in [4.69, 9.17) is 11.6 Å². The van der Waals surface area contributed by atoms with Crippen molar-refractivity contribution in [2.75, 3.05) is 0 Å². The highest BCUT2D eigenvalue weighted by atomic mass is 35.5. The molecule has 1 heterocycles. The molecule has 2 rings (SSSR count). The monoisotopic (exact) mass is 240 g/mol. The molecule has 0 aromatic carbocycles. The Bertz CT molecular complexity index is 407. The molecule has 16 heavy (non-hydrogen) atoms. The summed E-state index contributed by atoms with van der Waals surface area (Å²) in [7, 11) is 0. The summed E-state index contributed by atoms with van der Waals surface area (Å²) in [6.07, 6.45) is 3.30. The fourth-order valence-electron chi connectivity index (χ4n) is 2.03. The number of aldehydes is 1. The predicted octanol–water partition coefficient (Wildman–Crippen LogP) is 3.44. The molecule has 1 aromatic rings. The predicted molar refractivity (Wildman–Crippen MR) is 64.1 cm³/mol. The van der Waals surface area contributed by atoms with Crippen LogP contribution in [0.2, 0.25) is 5.15 Å². The lowest BCUT2D eigenvalue weighted by atomic mass is 10.1. The molecule has 0 amide bonds. The maximum Gasteiger partial charge on any atom is 0.155 e. The van der Waals surface area contributed by atoms with Crippen molar-refractivity contribution in [3.05, 3.63) is 16.4 Å². The smallest absolute Gasteiger partial charge is 0.155 e. The van der Waals surface area contributed by atoms with Crippen molar-refractivity contribution >= 4 is 17.9 Å². The Labute approximate surface area is 101 Å². The lowest BCUT2D eigenvalue weighted by molar-refractivity contribution is 0.112. The molecule has 0 N–H and O–H groups in total. The van der Waals surface area contributed by atoms with Crippen LogP contribution in [0.25, 0.3) is 0 Å². The first-order chi connectivity index (χ1) is 7.56. The van der Waals surface area contributed by atoms with Crippen molar-refractivity contribution in [3.8, 4) is 0 Å². The zero-order chi connectivity index (χ0) is 11.9. The van der Waals surface area contributed by atoms with Crippen LogP contribution in [-0.2, 0) is 0 Å². The lowest BCUT2D eigenvalue weighted by Gasteiger charge is -2.11. The fraction of sp³-hybridized carbons (Fsp3) is 0.667. The number of carbonyl (C=O) groups excluding carboxylic acids is 1. The number of carbonyl (C=O) groups is 1. The second-order valence-electron chi connectivity index (χ2n) is 4.88. The standard InChI is InChI=1S/C12H17ClN2O/c1-7(2)11-10(6-16)12(13)15(14-11)8(3)9-4-5-9/h6-9H,4-5H2,1-3H3. The van der Waals surface area contributed by atoms with Gasteiger partial charge in [-0.05, 0) is 31.6 Å². The third kappa shape index (κ3) is 1.88. The van der Waals surface area contributed by atoms with Crippen molar-refractivity contribution in [2.24, 2.45) is 5.92 Å². The topological polar surface area (TPSA) is 34.9 Å². The van der Waals surface area contributed by atoms with E-state index in [1.54, 1.807) is 0 Å². The van der Waals surface area contributed by atoms with E-state index in [2.05, 4.69) is 12.0 Å². The van der Waals surface area contributed by atoms with Crippen LogP contribution in [0.4, 0.5) is 0 Å². The Morgan fingerprint density at radius 1 is 1.44 bits per heavy atom. The molecule has 0 spiro atoms. The first-order valence-corrected chi connectivity index (χ1v) is 6.17. The number of nitrogens with zero attached hydrogens (tertiary/aromatic N) is 2. The normalized spacial score (nSPS) is 17.8. The number of halogens is 1. The summed E-state index contributed by atoms with van der Waals surface area (Å²) in [6.45, 7) is 6.17. The van der Waals surface area contributed by atoms with Gasteiger partial charge in [-0.25, -0.2) is 4.68 Å². The summed E-state index contributed by atoms with van der Waals surface area (Å²) in [6, 6.07) is 0.304. The summed E-state index contributed by atoms with van der Waals surface area (Å²) < 4.78 is 1.82. The summed E-state index contributed by atoms with van der Waals surface area (Å²) >= 11 is 6.21. The van der Waals surface area contributed by atoms with Gasteiger partial charge in [-0.15, -0.1) is 0 Å². The Balaban J connectivity index is 2.42. The van der Waals surface area contributed by atoms with E-state index in [9.17, 15) is 4.79 Å². The van der Waals surface area contributed by atoms with Gasteiger partial charge in [-0.2, -0.15) is 5.10 Å². The first kappa shape index (κ1) is 11.6. The van der Waals surface area contributed by atoms with Gasteiger partial charge < -0.3 is 0 Å². The second-order valence-corrected chi connectivity index (χ2v) is 5.24. The molecule has 0 bridgehead atoms. The van der Waals surface area contributed by atoms with Crippen LogP contribution in [0.5, 0.6) is 0 Å². The summed E-state index contributed by atoms with van der Waals surface area (Å²) in [5, 5.41) is 4.99. The maximum atomic E-state index is 11.0. The van der Waals surface area contributed by atoms with Gasteiger partial charge in [0.25, 0.3) is 0 Å². The van der Waals surface area contributed by atoms with Gasteiger partial charge in [0.05, 0.1) is 17.3 Å². The minimum absolute atomic E-state index is 0.227.